The third kappa shape index (κ3) is 22.2. The first-order valence-electron chi connectivity index (χ1n) is 16.4. The van der Waals surface area contributed by atoms with Gasteiger partial charge in [0.2, 0.25) is 0 Å². The Labute approximate surface area is 302 Å². The highest BCUT2D eigenvalue weighted by Gasteiger charge is 2.04. The van der Waals surface area contributed by atoms with Gasteiger partial charge in [-0.25, -0.2) is 9.69 Å². The van der Waals surface area contributed by atoms with Crippen LogP contribution in [-0.4, -0.2) is 102 Å². The van der Waals surface area contributed by atoms with Crippen molar-refractivity contribution in [2.45, 2.75) is 19.3 Å². The van der Waals surface area contributed by atoms with E-state index in [-0.39, 0.29) is 0 Å². The van der Waals surface area contributed by atoms with E-state index >= 15 is 0 Å². The summed E-state index contributed by atoms with van der Waals surface area (Å²) in [5, 5.41) is 15.8. The summed E-state index contributed by atoms with van der Waals surface area (Å²) in [5.74, 6) is 2.45. The zero-order chi connectivity index (χ0) is 36.0. The van der Waals surface area contributed by atoms with E-state index in [4.69, 9.17) is 32.6 Å². The summed E-state index contributed by atoms with van der Waals surface area (Å²) in [6.45, 7) is 21.8. The van der Waals surface area contributed by atoms with Crippen molar-refractivity contribution in [3.63, 3.8) is 0 Å². The summed E-state index contributed by atoms with van der Waals surface area (Å²) in [4.78, 5) is 11.3. The van der Waals surface area contributed by atoms with Crippen LogP contribution in [0.5, 0.6) is 17.2 Å². The van der Waals surface area contributed by atoms with Gasteiger partial charge in [0.15, 0.2) is 11.4 Å². The number of benzene rings is 3. The van der Waals surface area contributed by atoms with Crippen LogP contribution in [0.15, 0.2) is 72.8 Å². The van der Waals surface area contributed by atoms with E-state index in [1.165, 1.54) is 0 Å². The van der Waals surface area contributed by atoms with Gasteiger partial charge in [-0.15, -0.1) is 0 Å². The molecule has 0 radical (unpaired) electrons. The van der Waals surface area contributed by atoms with Gasteiger partial charge in [0.25, 0.3) is 0 Å². The number of rotatable bonds is 20. The Kier molecular flexibility index (Phi) is 25.2. The molecule has 2 N–H and O–H groups in total. The van der Waals surface area contributed by atoms with Crippen molar-refractivity contribution >= 4 is 27.3 Å². The van der Waals surface area contributed by atoms with E-state index in [1.54, 1.807) is 36.4 Å². The van der Waals surface area contributed by atoms with Crippen LogP contribution >= 0.6 is 15.9 Å². The highest BCUT2D eigenvalue weighted by Crippen LogP contribution is 2.19. The van der Waals surface area contributed by atoms with E-state index < -0.39 is 0 Å². The molecule has 0 aliphatic carbocycles. The van der Waals surface area contributed by atoms with E-state index in [0.717, 1.165) is 81.1 Å². The molecule has 264 valence electrons. The largest absolute Gasteiger partial charge is 0.494 e. The van der Waals surface area contributed by atoms with E-state index in [9.17, 15) is 0 Å². The Hall–Kier alpha value is -4.15. The molecule has 0 fully saturated rings. The van der Waals surface area contributed by atoms with Crippen LogP contribution in [0.1, 0.15) is 24.8 Å². The second-order valence-corrected chi connectivity index (χ2v) is 11.7. The number of alkyl halides is 1. The molecule has 0 heterocycles. The number of likely N-dealkylation sites (N-methyl/N-ethyl adjacent to an activating group) is 4. The van der Waals surface area contributed by atoms with E-state index in [0.29, 0.717) is 36.8 Å². The highest BCUT2D eigenvalue weighted by molar-refractivity contribution is 9.09. The molecule has 3 rings (SSSR count). The maximum Gasteiger partial charge on any atom is 0.187 e. The molecule has 3 aromatic rings. The number of halogens is 1. The predicted molar refractivity (Wildman–Crippen MR) is 204 cm³/mol. The van der Waals surface area contributed by atoms with Gasteiger partial charge in [-0.1, -0.05) is 40.2 Å². The topological polar surface area (TPSA) is 90.7 Å². The van der Waals surface area contributed by atoms with Crippen LogP contribution in [0.3, 0.4) is 0 Å². The van der Waals surface area contributed by atoms with Gasteiger partial charge < -0.3 is 34.6 Å². The van der Waals surface area contributed by atoms with Crippen LogP contribution in [0.25, 0.3) is 9.69 Å². The third-order valence-corrected chi connectivity index (χ3v) is 7.42. The summed E-state index contributed by atoms with van der Waals surface area (Å²) in [6, 6.07) is 23.7. The van der Waals surface area contributed by atoms with Gasteiger partial charge in [0.05, 0.1) is 44.6 Å². The Morgan fingerprint density at radius 1 is 0.633 bits per heavy atom. The van der Waals surface area contributed by atoms with Crippen molar-refractivity contribution in [2.24, 2.45) is 0 Å². The lowest BCUT2D eigenvalue weighted by Gasteiger charge is -2.22. The quantitative estimate of drug-likeness (QED) is 0.0727. The number of nitriles is 1. The van der Waals surface area contributed by atoms with Crippen LogP contribution in [-0.2, 0) is 0 Å². The van der Waals surface area contributed by atoms with Crippen LogP contribution in [0.2, 0.25) is 0 Å². The number of nitrogens with one attached hydrogen (secondary N) is 2. The number of hydrogen-bond donors (Lipinski definition) is 2. The lowest BCUT2D eigenvalue weighted by molar-refractivity contribution is 0.221. The Morgan fingerprint density at radius 2 is 1.00 bits per heavy atom. The minimum atomic E-state index is 0.632. The maximum atomic E-state index is 8.80. The van der Waals surface area contributed by atoms with E-state index in [1.807, 2.05) is 50.5 Å². The zero-order valence-corrected chi connectivity index (χ0v) is 31.0. The van der Waals surface area contributed by atoms with Crippen molar-refractivity contribution in [3.8, 4) is 23.3 Å². The first-order valence-corrected chi connectivity index (χ1v) is 17.6. The zero-order valence-electron chi connectivity index (χ0n) is 29.5. The number of nitrogens with zero attached hydrogens (tertiary/aromatic N) is 5. The fourth-order valence-corrected chi connectivity index (χ4v) is 4.20. The lowest BCUT2D eigenvalue weighted by Crippen LogP contribution is -2.32. The molecule has 0 saturated carbocycles. The Bertz CT molecular complexity index is 1290. The predicted octanol–water partition coefficient (Wildman–Crippen LogP) is 7.04. The minimum absolute atomic E-state index is 0.632. The summed E-state index contributed by atoms with van der Waals surface area (Å²) < 4.78 is 16.9. The molecule has 0 aromatic heterocycles. The molecule has 0 unspecified atom stereocenters. The fraction of sp³-hybridized carbons (Fsp3) is 0.447. The summed E-state index contributed by atoms with van der Waals surface area (Å²) in [6.07, 6.45) is 2.91. The number of hydrogen-bond acceptors (Lipinski definition) is 8. The van der Waals surface area contributed by atoms with Gasteiger partial charge >= 0.3 is 0 Å². The molecule has 3 aromatic carbocycles. The molecule has 0 bridgehead atoms. The molecule has 10 nitrogen and oxygen atoms in total. The van der Waals surface area contributed by atoms with Crippen molar-refractivity contribution in [2.75, 3.05) is 92.6 Å². The van der Waals surface area contributed by atoms with Crippen molar-refractivity contribution < 1.29 is 14.2 Å². The highest BCUT2D eigenvalue weighted by atomic mass is 79.9. The Morgan fingerprint density at radius 3 is 1.33 bits per heavy atom. The average Bonchev–Trinajstić information content (AvgIpc) is 3.14. The molecule has 0 atom stereocenters. The standard InChI is InChI=1S/C24H30N4O2.C10H10BrNO.C4H12N2/c1-26-22-8-12-24(13-9-22)30-19-5-15-28(3)17-16-27(2)14-4-18-29-23-10-6-21(20-25)7-11-23;1-12-9-3-5-10(6-4-9)13-8-2-7-11;1-5-3-4-6-2/h6-13H,4-5,14-19H2,2-3H3;3-6H,2,7-8H2;5-6H,3-4H2,1-2H3. The second-order valence-electron chi connectivity index (χ2n) is 11.0. The molecule has 0 saturated heterocycles. The molecule has 49 heavy (non-hydrogen) atoms. The van der Waals surface area contributed by atoms with Crippen molar-refractivity contribution in [1.29, 1.82) is 5.26 Å². The second kappa shape index (κ2) is 28.8. The third-order valence-electron chi connectivity index (χ3n) is 6.86. The van der Waals surface area contributed by atoms with Gasteiger partial charge in [0.1, 0.15) is 17.2 Å². The molecule has 0 aliphatic heterocycles. The monoisotopic (exact) mass is 733 g/mol. The van der Waals surface area contributed by atoms with Crippen LogP contribution in [0, 0.1) is 24.5 Å². The molecule has 0 aliphatic rings. The lowest BCUT2D eigenvalue weighted by atomic mass is 10.2. The molecule has 11 heteroatoms. The van der Waals surface area contributed by atoms with Crippen LogP contribution in [0.4, 0.5) is 11.4 Å². The maximum absolute atomic E-state index is 8.80. The van der Waals surface area contributed by atoms with Gasteiger partial charge in [-0.2, -0.15) is 5.26 Å². The van der Waals surface area contributed by atoms with Crippen molar-refractivity contribution in [3.05, 3.63) is 101 Å². The molecular formula is C38H52BrN7O3. The molecular weight excluding hydrogens is 682 g/mol. The first-order chi connectivity index (χ1) is 23.9. The van der Waals surface area contributed by atoms with Gasteiger partial charge in [0, 0.05) is 44.6 Å². The van der Waals surface area contributed by atoms with Crippen LogP contribution < -0.4 is 24.8 Å². The summed E-state index contributed by atoms with van der Waals surface area (Å²) in [7, 11) is 8.15. The van der Waals surface area contributed by atoms with Gasteiger partial charge in [-0.05, 0) is 96.0 Å². The molecule has 0 amide bonds. The molecule has 0 spiro atoms. The summed E-state index contributed by atoms with van der Waals surface area (Å²) >= 11 is 3.33. The average molecular weight is 735 g/mol. The SMILES string of the molecule is CNCCNC.[C-]#[N+]c1ccc(OCCCBr)cc1.[C-]#[N+]c1ccc(OCCCN(C)CCN(C)CCCOc2ccc(C#N)cc2)cc1. The van der Waals surface area contributed by atoms with E-state index in [2.05, 4.69) is 66.2 Å². The smallest absolute Gasteiger partial charge is 0.187 e. The van der Waals surface area contributed by atoms with Gasteiger partial charge in [-0.3, -0.25) is 0 Å². The Balaban J connectivity index is 0.000000517. The first kappa shape index (κ1) is 42.9. The number of ether oxygens (including phenoxy) is 3. The fourth-order valence-electron chi connectivity index (χ4n) is 3.97. The minimum Gasteiger partial charge on any atom is -0.494 e. The summed E-state index contributed by atoms with van der Waals surface area (Å²) in [5.41, 5.74) is 1.92. The normalized spacial score (nSPS) is 10.0. The van der Waals surface area contributed by atoms with Crippen molar-refractivity contribution in [1.82, 2.24) is 20.4 Å².